The Kier molecular flexibility index (Phi) is 9.41. The summed E-state index contributed by atoms with van der Waals surface area (Å²) in [6, 6.07) is 5.63. The van der Waals surface area contributed by atoms with E-state index in [1.54, 1.807) is 22.3 Å². The first-order valence-electron chi connectivity index (χ1n) is 14.8. The Morgan fingerprint density at radius 2 is 1.90 bits per heavy atom. The number of piperidine rings is 1. The van der Waals surface area contributed by atoms with Crippen LogP contribution in [-0.4, -0.2) is 58.9 Å². The molecular weight excluding hydrogens is 556 g/mol. The van der Waals surface area contributed by atoms with E-state index in [2.05, 4.69) is 32.1 Å². The van der Waals surface area contributed by atoms with Crippen LogP contribution < -0.4 is 0 Å². The van der Waals surface area contributed by atoms with Crippen molar-refractivity contribution in [1.82, 2.24) is 9.80 Å². The normalized spacial score (nSPS) is 22.9. The van der Waals surface area contributed by atoms with Crippen LogP contribution in [0.2, 0.25) is 5.02 Å². The van der Waals surface area contributed by atoms with E-state index in [1.165, 1.54) is 5.57 Å². The predicted octanol–water partition coefficient (Wildman–Crippen LogP) is 6.11. The Bertz CT molecular complexity index is 1340. The minimum Gasteiger partial charge on any atom is -0.481 e. The van der Waals surface area contributed by atoms with Gasteiger partial charge in [-0.1, -0.05) is 55.3 Å². The van der Waals surface area contributed by atoms with Gasteiger partial charge in [-0.3, -0.25) is 14.4 Å². The van der Waals surface area contributed by atoms with Gasteiger partial charge in [-0.15, -0.1) is 0 Å². The van der Waals surface area contributed by atoms with E-state index < -0.39 is 17.8 Å². The summed E-state index contributed by atoms with van der Waals surface area (Å²) in [6.45, 7) is 5.05. The van der Waals surface area contributed by atoms with Gasteiger partial charge in [0.05, 0.1) is 24.3 Å². The number of amides is 2. The fourth-order valence-corrected chi connectivity index (χ4v) is 6.43. The highest BCUT2D eigenvalue weighted by atomic mass is 35.5. The number of likely N-dealkylation sites (tertiary alicyclic amines) is 1. The topological polar surface area (TPSA) is 96.4 Å². The van der Waals surface area contributed by atoms with Crippen molar-refractivity contribution >= 4 is 29.4 Å². The molecule has 2 amide bonds. The highest BCUT2D eigenvalue weighted by Gasteiger charge is 2.39. The van der Waals surface area contributed by atoms with Gasteiger partial charge in [-0.2, -0.15) is 0 Å². The zero-order chi connectivity index (χ0) is 29.8. The maximum Gasteiger partial charge on any atom is 0.306 e. The molecule has 42 heavy (non-hydrogen) atoms. The molecule has 3 heterocycles. The predicted molar refractivity (Wildman–Crippen MR) is 159 cm³/mol. The lowest BCUT2D eigenvalue weighted by Crippen LogP contribution is -2.47. The van der Waals surface area contributed by atoms with Crippen LogP contribution in [0.4, 0.5) is 0 Å². The van der Waals surface area contributed by atoms with Crippen LogP contribution in [0, 0.1) is 11.8 Å². The zero-order valence-electron chi connectivity index (χ0n) is 24.3. The van der Waals surface area contributed by atoms with Gasteiger partial charge in [-0.25, -0.2) is 0 Å². The Morgan fingerprint density at radius 1 is 1.12 bits per heavy atom. The number of carbonyl (C=O) groups excluding carboxylic acids is 2. The number of hydrogen-bond acceptors (Lipinski definition) is 5. The van der Waals surface area contributed by atoms with Gasteiger partial charge < -0.3 is 24.4 Å². The lowest BCUT2D eigenvalue weighted by molar-refractivity contribution is -0.147. The maximum absolute atomic E-state index is 14.1. The van der Waals surface area contributed by atoms with Crippen molar-refractivity contribution in [2.75, 3.05) is 26.2 Å². The molecule has 1 saturated heterocycles. The van der Waals surface area contributed by atoms with E-state index in [-0.39, 0.29) is 36.7 Å². The number of benzene rings is 1. The number of fused-ring (bicyclic) bond motifs is 1. The van der Waals surface area contributed by atoms with Crippen molar-refractivity contribution in [3.8, 4) is 0 Å². The molecule has 1 aliphatic carbocycles. The number of carboxylic acids is 1. The second-order valence-electron chi connectivity index (χ2n) is 12.0. The number of carboxylic acid groups (broad SMARTS) is 1. The molecule has 0 bridgehead atoms. The van der Waals surface area contributed by atoms with Crippen molar-refractivity contribution in [3.05, 3.63) is 82.2 Å². The van der Waals surface area contributed by atoms with Crippen LogP contribution in [0.5, 0.6) is 0 Å². The maximum atomic E-state index is 14.1. The van der Waals surface area contributed by atoms with Gasteiger partial charge in [0, 0.05) is 31.1 Å². The molecule has 224 valence electrons. The monoisotopic (exact) mass is 594 g/mol. The summed E-state index contributed by atoms with van der Waals surface area (Å²) in [7, 11) is 0. The van der Waals surface area contributed by atoms with Crippen LogP contribution in [0.25, 0.3) is 0 Å². The highest BCUT2D eigenvalue weighted by Crippen LogP contribution is 2.42. The number of rotatable bonds is 8. The van der Waals surface area contributed by atoms with Crippen molar-refractivity contribution in [2.24, 2.45) is 11.8 Å². The molecular formula is C33H39ClN2O6. The van der Waals surface area contributed by atoms with Gasteiger partial charge in [0.15, 0.2) is 0 Å². The standard InChI is InChI=1S/C33H39ClN2O6/c1-21(2)14-28-26-9-8-24(34)16-27(26)29(30-20-41-25(19-42-30)15-22-6-4-3-5-7-22)17-36(32(28)38)18-31(37)35-12-10-23(11-13-35)33(39)40/h3-4,6,8-9,16,19-21,23,28-29H,5,7,10-15,17-18H2,1-2H3,(H,39,40). The fraction of sp³-hybridized carbons (Fsp3) is 0.485. The quantitative estimate of drug-likeness (QED) is 0.390. The second-order valence-corrected chi connectivity index (χ2v) is 12.5. The number of nitrogens with zero attached hydrogens (tertiary/aromatic N) is 2. The average molecular weight is 595 g/mol. The third kappa shape index (κ3) is 6.92. The summed E-state index contributed by atoms with van der Waals surface area (Å²) >= 11 is 6.50. The Morgan fingerprint density at radius 3 is 2.55 bits per heavy atom. The van der Waals surface area contributed by atoms with E-state index in [1.807, 2.05) is 18.2 Å². The van der Waals surface area contributed by atoms with Crippen LogP contribution in [0.15, 0.2) is 66.0 Å². The van der Waals surface area contributed by atoms with Crippen LogP contribution in [-0.2, 0) is 23.9 Å². The van der Waals surface area contributed by atoms with Gasteiger partial charge in [0.25, 0.3) is 0 Å². The first kappa shape index (κ1) is 30.0. The first-order valence-corrected chi connectivity index (χ1v) is 15.2. The van der Waals surface area contributed by atoms with Crippen molar-refractivity contribution in [2.45, 2.75) is 64.2 Å². The number of ether oxygens (including phenoxy) is 2. The summed E-state index contributed by atoms with van der Waals surface area (Å²) in [4.78, 5) is 42.3. The molecule has 2 atom stereocenters. The van der Waals surface area contributed by atoms with Crippen molar-refractivity contribution in [1.29, 1.82) is 0 Å². The average Bonchev–Trinajstić information content (AvgIpc) is 3.08. The van der Waals surface area contributed by atoms with Crippen molar-refractivity contribution in [3.63, 3.8) is 0 Å². The second kappa shape index (κ2) is 13.2. The molecule has 0 saturated carbocycles. The molecule has 2 unspecified atom stereocenters. The first-order chi connectivity index (χ1) is 20.2. The lowest BCUT2D eigenvalue weighted by Gasteiger charge is -2.33. The molecule has 1 N–H and O–H groups in total. The van der Waals surface area contributed by atoms with E-state index in [4.69, 9.17) is 21.1 Å². The Hall–Kier alpha value is -3.52. The highest BCUT2D eigenvalue weighted by molar-refractivity contribution is 6.30. The summed E-state index contributed by atoms with van der Waals surface area (Å²) in [5.41, 5.74) is 3.05. The van der Waals surface area contributed by atoms with Crippen LogP contribution >= 0.6 is 11.6 Å². The third-order valence-corrected chi connectivity index (χ3v) is 8.78. The molecule has 1 fully saturated rings. The van der Waals surface area contributed by atoms with E-state index in [0.717, 1.165) is 24.0 Å². The summed E-state index contributed by atoms with van der Waals surface area (Å²) in [6.07, 6.45) is 13.7. The molecule has 8 nitrogen and oxygen atoms in total. The van der Waals surface area contributed by atoms with Gasteiger partial charge in [-0.05, 0) is 61.3 Å². The molecule has 0 radical (unpaired) electrons. The molecule has 3 aliphatic heterocycles. The molecule has 9 heteroatoms. The number of halogens is 1. The minimum absolute atomic E-state index is 0.0830. The van der Waals surface area contributed by atoms with Crippen molar-refractivity contribution < 1.29 is 29.0 Å². The zero-order valence-corrected chi connectivity index (χ0v) is 25.0. The number of allylic oxidation sites excluding steroid dienone is 4. The summed E-state index contributed by atoms with van der Waals surface area (Å²) in [5, 5.41) is 9.91. The molecule has 1 aromatic rings. The van der Waals surface area contributed by atoms with E-state index in [9.17, 15) is 19.5 Å². The molecule has 0 spiro atoms. The van der Waals surface area contributed by atoms with Crippen LogP contribution in [0.1, 0.15) is 75.3 Å². The number of carbonyl (C=O) groups is 3. The van der Waals surface area contributed by atoms with E-state index in [0.29, 0.717) is 55.3 Å². The Labute approximate surface area is 252 Å². The minimum atomic E-state index is -0.826. The Balaban J connectivity index is 1.40. The summed E-state index contributed by atoms with van der Waals surface area (Å²) < 4.78 is 12.2. The fourth-order valence-electron chi connectivity index (χ4n) is 6.25. The molecule has 1 aromatic carbocycles. The summed E-state index contributed by atoms with van der Waals surface area (Å²) in [5.74, 6) is -0.854. The van der Waals surface area contributed by atoms with Gasteiger partial charge in [0.1, 0.15) is 24.0 Å². The van der Waals surface area contributed by atoms with Gasteiger partial charge in [0.2, 0.25) is 11.8 Å². The smallest absolute Gasteiger partial charge is 0.306 e. The number of aliphatic carboxylic acids is 1. The van der Waals surface area contributed by atoms with Gasteiger partial charge >= 0.3 is 5.97 Å². The third-order valence-electron chi connectivity index (χ3n) is 8.54. The number of hydrogen-bond donors (Lipinski definition) is 1. The molecule has 4 aliphatic rings. The largest absolute Gasteiger partial charge is 0.481 e. The van der Waals surface area contributed by atoms with E-state index >= 15 is 0 Å². The lowest BCUT2D eigenvalue weighted by atomic mass is 9.84. The SMILES string of the molecule is CC(C)CC1C(=O)N(CC(=O)N2CCC(C(=O)O)CC2)CC(C2=COC(CC3=CC=CCC3)=CO2)c2cc(Cl)ccc21. The molecule has 5 rings (SSSR count). The van der Waals surface area contributed by atoms with Crippen LogP contribution in [0.3, 0.4) is 0 Å². The molecule has 0 aromatic heterocycles.